The lowest BCUT2D eigenvalue weighted by molar-refractivity contribution is -0.116. The molecule has 0 atom stereocenters. The molecule has 0 unspecified atom stereocenters. The number of amides is 1. The molecule has 0 aliphatic rings. The summed E-state index contributed by atoms with van der Waals surface area (Å²) in [6.07, 6.45) is 0.932. The molecule has 36 heavy (non-hydrogen) atoms. The maximum absolute atomic E-state index is 12.7. The van der Waals surface area contributed by atoms with Crippen LogP contribution in [-0.4, -0.2) is 33.8 Å². The van der Waals surface area contributed by atoms with Gasteiger partial charge >= 0.3 is 5.97 Å². The Morgan fingerprint density at radius 1 is 1.00 bits per heavy atom. The summed E-state index contributed by atoms with van der Waals surface area (Å²) in [5.74, 6) is 5.66. The Morgan fingerprint density at radius 3 is 2.42 bits per heavy atom. The lowest BCUT2D eigenvalue weighted by Gasteiger charge is -2.11. The monoisotopic (exact) mass is 480 g/mol. The van der Waals surface area contributed by atoms with Crippen LogP contribution >= 0.6 is 0 Å². The van der Waals surface area contributed by atoms with Gasteiger partial charge in [-0.25, -0.2) is 9.78 Å². The first-order valence-electron chi connectivity index (χ1n) is 11.7. The fourth-order valence-corrected chi connectivity index (χ4v) is 4.35. The van der Waals surface area contributed by atoms with Crippen molar-refractivity contribution < 1.29 is 14.3 Å². The molecular formula is C29H28N4O3. The molecule has 7 nitrogen and oxygen atoms in total. The summed E-state index contributed by atoms with van der Waals surface area (Å²) in [4.78, 5) is 29.2. The van der Waals surface area contributed by atoms with E-state index in [1.54, 1.807) is 22.9 Å². The number of nitrogens with zero attached hydrogens (tertiary/aromatic N) is 3. The number of aromatic nitrogens is 3. The second-order valence-corrected chi connectivity index (χ2v) is 8.66. The van der Waals surface area contributed by atoms with Crippen LogP contribution in [0.5, 0.6) is 0 Å². The summed E-state index contributed by atoms with van der Waals surface area (Å²) >= 11 is 0. The quantitative estimate of drug-likeness (QED) is 0.332. The van der Waals surface area contributed by atoms with Crippen LogP contribution in [0, 0.1) is 32.6 Å². The number of aryl methyl sites for hydroxylation is 4. The number of rotatable bonds is 5. The average Bonchev–Trinajstić information content (AvgIpc) is 3.15. The van der Waals surface area contributed by atoms with E-state index in [4.69, 9.17) is 9.72 Å². The van der Waals surface area contributed by atoms with Crippen molar-refractivity contribution in [1.29, 1.82) is 0 Å². The van der Waals surface area contributed by atoms with Crippen molar-refractivity contribution in [3.05, 3.63) is 87.7 Å². The van der Waals surface area contributed by atoms with E-state index in [-0.39, 0.29) is 5.91 Å². The molecule has 0 saturated heterocycles. The Morgan fingerprint density at radius 2 is 1.69 bits per heavy atom. The van der Waals surface area contributed by atoms with Crippen molar-refractivity contribution in [2.24, 2.45) is 7.05 Å². The number of nitrogens with one attached hydrogen (secondary N) is 1. The zero-order valence-corrected chi connectivity index (χ0v) is 21.1. The van der Waals surface area contributed by atoms with E-state index in [1.165, 1.54) is 7.11 Å². The molecule has 182 valence electrons. The highest BCUT2D eigenvalue weighted by molar-refractivity contribution is 5.91. The highest BCUT2D eigenvalue weighted by atomic mass is 16.5. The fraction of sp³-hybridized carbons (Fsp3) is 0.241. The molecule has 0 radical (unpaired) electrons. The Hall–Kier alpha value is -4.44. The summed E-state index contributed by atoms with van der Waals surface area (Å²) < 4.78 is 6.56. The molecule has 2 aromatic carbocycles. The zero-order valence-electron chi connectivity index (χ0n) is 21.1. The Balaban J connectivity index is 1.44. The van der Waals surface area contributed by atoms with Gasteiger partial charge in [-0.3, -0.25) is 9.48 Å². The number of hydrogen-bond acceptors (Lipinski definition) is 5. The highest BCUT2D eigenvalue weighted by Crippen LogP contribution is 2.26. The van der Waals surface area contributed by atoms with Gasteiger partial charge < -0.3 is 10.1 Å². The average molecular weight is 481 g/mol. The van der Waals surface area contributed by atoms with Crippen LogP contribution < -0.4 is 5.32 Å². The van der Waals surface area contributed by atoms with E-state index in [1.807, 2.05) is 51.2 Å². The number of methoxy groups -OCH3 is 1. The van der Waals surface area contributed by atoms with Crippen LogP contribution in [0.4, 0.5) is 5.69 Å². The summed E-state index contributed by atoms with van der Waals surface area (Å²) in [5.41, 5.74) is 7.53. The molecule has 0 aliphatic carbocycles. The van der Waals surface area contributed by atoms with Gasteiger partial charge in [-0.15, -0.1) is 0 Å². The SMILES string of the molecule is COC(=O)c1cccc(C#Cc2cccc(NC(=O)CCc3c(C)nc4c(c(C)nn4C)c3C)c2)c1. The molecule has 4 rings (SSSR count). The number of benzene rings is 2. The predicted molar refractivity (Wildman–Crippen MR) is 140 cm³/mol. The van der Waals surface area contributed by atoms with Gasteiger partial charge in [0.25, 0.3) is 0 Å². The van der Waals surface area contributed by atoms with Gasteiger partial charge in [-0.1, -0.05) is 24.0 Å². The Kier molecular flexibility index (Phi) is 7.16. The van der Waals surface area contributed by atoms with Crippen molar-refractivity contribution in [2.75, 3.05) is 12.4 Å². The normalized spacial score (nSPS) is 10.6. The van der Waals surface area contributed by atoms with Crippen LogP contribution in [0.15, 0.2) is 48.5 Å². The van der Waals surface area contributed by atoms with Crippen LogP contribution in [0.1, 0.15) is 50.4 Å². The first-order chi connectivity index (χ1) is 17.3. The van der Waals surface area contributed by atoms with E-state index in [9.17, 15) is 9.59 Å². The number of hydrogen-bond donors (Lipinski definition) is 1. The first-order valence-corrected chi connectivity index (χ1v) is 11.7. The lowest BCUT2D eigenvalue weighted by atomic mass is 9.99. The minimum absolute atomic E-state index is 0.0762. The third-order valence-electron chi connectivity index (χ3n) is 6.11. The topological polar surface area (TPSA) is 86.1 Å². The molecule has 0 fully saturated rings. The van der Waals surface area contributed by atoms with Crippen molar-refractivity contribution in [3.8, 4) is 11.8 Å². The maximum atomic E-state index is 12.7. The lowest BCUT2D eigenvalue weighted by Crippen LogP contribution is -2.13. The summed E-state index contributed by atoms with van der Waals surface area (Å²) in [6, 6.07) is 14.4. The molecule has 7 heteroatoms. The standard InChI is InChI=1S/C29H28N4O3/c1-18-25(19(2)30-28-27(18)20(3)32-33(28)4)14-15-26(34)31-24-11-7-9-22(17-24)13-12-21-8-6-10-23(16-21)29(35)36-5/h6-11,16-17H,14-15H2,1-5H3,(H,31,34). The van der Waals surface area contributed by atoms with E-state index < -0.39 is 5.97 Å². The number of carbonyl (C=O) groups excluding carboxylic acids is 2. The van der Waals surface area contributed by atoms with Gasteiger partial charge in [0, 0.05) is 41.4 Å². The van der Waals surface area contributed by atoms with E-state index in [2.05, 4.69) is 29.2 Å². The van der Waals surface area contributed by atoms with Gasteiger partial charge in [-0.05, 0) is 74.7 Å². The third-order valence-corrected chi connectivity index (χ3v) is 6.11. The van der Waals surface area contributed by atoms with Gasteiger partial charge in [0.1, 0.15) is 0 Å². The molecule has 1 N–H and O–H groups in total. The molecule has 4 aromatic rings. The fourth-order valence-electron chi connectivity index (χ4n) is 4.35. The van der Waals surface area contributed by atoms with Crippen LogP contribution in [0.25, 0.3) is 11.0 Å². The van der Waals surface area contributed by atoms with Gasteiger partial charge in [-0.2, -0.15) is 5.10 Å². The molecule has 0 aliphatic heterocycles. The summed E-state index contributed by atoms with van der Waals surface area (Å²) in [7, 11) is 3.24. The molecule has 2 aromatic heterocycles. The maximum Gasteiger partial charge on any atom is 0.337 e. The number of fused-ring (bicyclic) bond motifs is 1. The Labute approximate surface area is 210 Å². The Bertz CT molecular complexity index is 1540. The number of anilines is 1. The third kappa shape index (κ3) is 5.28. The minimum Gasteiger partial charge on any atom is -0.465 e. The number of esters is 1. The highest BCUT2D eigenvalue weighted by Gasteiger charge is 2.16. The van der Waals surface area contributed by atoms with Crippen molar-refractivity contribution >= 4 is 28.6 Å². The number of ether oxygens (including phenoxy) is 1. The molecule has 0 spiro atoms. The number of pyridine rings is 1. The van der Waals surface area contributed by atoms with Gasteiger partial charge in [0.15, 0.2) is 5.65 Å². The summed E-state index contributed by atoms with van der Waals surface area (Å²) in [6.45, 7) is 6.03. The van der Waals surface area contributed by atoms with Crippen LogP contribution in [0.2, 0.25) is 0 Å². The molecular weight excluding hydrogens is 452 g/mol. The minimum atomic E-state index is -0.403. The largest absolute Gasteiger partial charge is 0.465 e. The van der Waals surface area contributed by atoms with E-state index >= 15 is 0 Å². The van der Waals surface area contributed by atoms with E-state index in [0.717, 1.165) is 39.1 Å². The van der Waals surface area contributed by atoms with Crippen molar-refractivity contribution in [3.63, 3.8) is 0 Å². The molecule has 0 saturated carbocycles. The van der Waals surface area contributed by atoms with E-state index in [0.29, 0.717) is 29.7 Å². The van der Waals surface area contributed by atoms with Crippen molar-refractivity contribution in [1.82, 2.24) is 14.8 Å². The van der Waals surface area contributed by atoms with Gasteiger partial charge in [0.05, 0.1) is 18.4 Å². The smallest absolute Gasteiger partial charge is 0.337 e. The second kappa shape index (κ2) is 10.4. The molecule has 0 bridgehead atoms. The predicted octanol–water partition coefficient (Wildman–Crippen LogP) is 4.65. The number of carbonyl (C=O) groups is 2. The molecule has 1 amide bonds. The van der Waals surface area contributed by atoms with Crippen molar-refractivity contribution in [2.45, 2.75) is 33.6 Å². The van der Waals surface area contributed by atoms with Crippen LogP contribution in [-0.2, 0) is 23.0 Å². The van der Waals surface area contributed by atoms with Gasteiger partial charge in [0.2, 0.25) is 5.91 Å². The van der Waals surface area contributed by atoms with Crippen LogP contribution in [0.3, 0.4) is 0 Å². The first kappa shape index (κ1) is 24.7. The second-order valence-electron chi connectivity index (χ2n) is 8.66. The summed E-state index contributed by atoms with van der Waals surface area (Å²) in [5, 5.41) is 8.51. The zero-order chi connectivity index (χ0) is 25.8. The molecule has 2 heterocycles.